The van der Waals surface area contributed by atoms with Crippen molar-refractivity contribution in [2.45, 2.75) is 58.2 Å². The van der Waals surface area contributed by atoms with Crippen molar-refractivity contribution in [3.05, 3.63) is 28.8 Å². The molecule has 1 fully saturated rings. The Morgan fingerprint density at radius 3 is 2.63 bits per heavy atom. The third-order valence-corrected chi connectivity index (χ3v) is 4.30. The quantitative estimate of drug-likeness (QED) is 0.869. The van der Waals surface area contributed by atoms with E-state index in [1.165, 1.54) is 36.9 Å². The molecule has 0 saturated heterocycles. The second kappa shape index (κ2) is 6.62. The molecule has 0 spiro atoms. The van der Waals surface area contributed by atoms with Crippen LogP contribution in [0.5, 0.6) is 0 Å². The van der Waals surface area contributed by atoms with Crippen molar-refractivity contribution in [2.24, 2.45) is 0 Å². The van der Waals surface area contributed by atoms with Gasteiger partial charge >= 0.3 is 0 Å². The predicted molar refractivity (Wildman–Crippen MR) is 84.1 cm³/mol. The zero-order valence-corrected chi connectivity index (χ0v) is 13.0. The van der Waals surface area contributed by atoms with Crippen LogP contribution in [-0.4, -0.2) is 19.1 Å². The summed E-state index contributed by atoms with van der Waals surface area (Å²) in [6, 6.07) is 7.37. The topological polar surface area (TPSA) is 15.3 Å². The van der Waals surface area contributed by atoms with Gasteiger partial charge in [0.1, 0.15) is 0 Å². The van der Waals surface area contributed by atoms with Gasteiger partial charge in [-0.2, -0.15) is 0 Å². The van der Waals surface area contributed by atoms with Gasteiger partial charge in [-0.15, -0.1) is 0 Å². The summed E-state index contributed by atoms with van der Waals surface area (Å²) >= 11 is 6.45. The van der Waals surface area contributed by atoms with Crippen LogP contribution in [0.15, 0.2) is 18.2 Å². The van der Waals surface area contributed by atoms with E-state index in [1.54, 1.807) is 0 Å². The number of hydrogen-bond acceptors (Lipinski definition) is 2. The number of nitrogens with zero attached hydrogens (tertiary/aromatic N) is 1. The largest absolute Gasteiger partial charge is 0.370 e. The number of para-hydroxylation sites is 1. The fraction of sp³-hybridized carbons (Fsp3) is 0.625. The molecule has 1 N–H and O–H groups in total. The molecule has 0 atom stereocenters. The summed E-state index contributed by atoms with van der Waals surface area (Å²) in [4.78, 5) is 2.40. The lowest BCUT2D eigenvalue weighted by Gasteiger charge is -2.30. The molecule has 0 unspecified atom stereocenters. The molecule has 2 nitrogen and oxygen atoms in total. The molecule has 2 rings (SSSR count). The molecule has 106 valence electrons. The Morgan fingerprint density at radius 1 is 1.32 bits per heavy atom. The first-order valence-electron chi connectivity index (χ1n) is 7.33. The van der Waals surface area contributed by atoms with Gasteiger partial charge in [0.05, 0.1) is 10.7 Å². The number of nitrogens with one attached hydrogen (secondary N) is 1. The first-order chi connectivity index (χ1) is 9.09. The van der Waals surface area contributed by atoms with Gasteiger partial charge < -0.3 is 10.2 Å². The van der Waals surface area contributed by atoms with Gasteiger partial charge in [0.2, 0.25) is 0 Å². The van der Waals surface area contributed by atoms with E-state index in [4.69, 9.17) is 11.6 Å². The van der Waals surface area contributed by atoms with Gasteiger partial charge in [-0.25, -0.2) is 0 Å². The lowest BCUT2D eigenvalue weighted by atomic mass is 10.1. The zero-order valence-electron chi connectivity index (χ0n) is 12.2. The summed E-state index contributed by atoms with van der Waals surface area (Å²) in [5.74, 6) is 0. The van der Waals surface area contributed by atoms with Gasteiger partial charge in [0.15, 0.2) is 0 Å². The number of rotatable bonds is 5. The molecule has 0 amide bonds. The van der Waals surface area contributed by atoms with E-state index >= 15 is 0 Å². The highest BCUT2D eigenvalue weighted by Crippen LogP contribution is 2.34. The van der Waals surface area contributed by atoms with Gasteiger partial charge in [0.25, 0.3) is 0 Å². The van der Waals surface area contributed by atoms with Gasteiger partial charge in [-0.1, -0.05) is 50.4 Å². The molecule has 0 aliphatic heterocycles. The van der Waals surface area contributed by atoms with E-state index in [0.717, 1.165) is 11.6 Å². The van der Waals surface area contributed by atoms with E-state index in [1.807, 2.05) is 12.1 Å². The molecule has 19 heavy (non-hydrogen) atoms. The summed E-state index contributed by atoms with van der Waals surface area (Å²) < 4.78 is 0. The Hall–Kier alpha value is -0.730. The van der Waals surface area contributed by atoms with E-state index < -0.39 is 0 Å². The molecule has 1 aromatic rings. The van der Waals surface area contributed by atoms with Crippen molar-refractivity contribution in [1.29, 1.82) is 0 Å². The van der Waals surface area contributed by atoms with Crippen LogP contribution in [0.25, 0.3) is 0 Å². The molecule has 0 aromatic heterocycles. The van der Waals surface area contributed by atoms with Crippen molar-refractivity contribution in [3.8, 4) is 0 Å². The first kappa shape index (κ1) is 14.7. The maximum atomic E-state index is 6.45. The Balaban J connectivity index is 2.21. The van der Waals surface area contributed by atoms with Crippen molar-refractivity contribution >= 4 is 17.3 Å². The number of hydrogen-bond donors (Lipinski definition) is 1. The van der Waals surface area contributed by atoms with E-state index in [9.17, 15) is 0 Å². The van der Waals surface area contributed by atoms with Crippen LogP contribution in [0.1, 0.15) is 45.1 Å². The van der Waals surface area contributed by atoms with Gasteiger partial charge in [-0.3, -0.25) is 0 Å². The second-order valence-electron chi connectivity index (χ2n) is 5.83. The summed E-state index contributed by atoms with van der Waals surface area (Å²) in [6.07, 6.45) is 5.27. The van der Waals surface area contributed by atoms with Crippen LogP contribution in [0.3, 0.4) is 0 Å². The van der Waals surface area contributed by atoms with Crippen LogP contribution >= 0.6 is 11.6 Å². The number of benzene rings is 1. The molecule has 0 bridgehead atoms. The maximum absolute atomic E-state index is 6.45. The van der Waals surface area contributed by atoms with Crippen LogP contribution in [-0.2, 0) is 6.54 Å². The molecule has 3 heteroatoms. The number of halogens is 1. The van der Waals surface area contributed by atoms with E-state index in [2.05, 4.69) is 37.2 Å². The number of anilines is 1. The van der Waals surface area contributed by atoms with Gasteiger partial charge in [-0.05, 0) is 24.5 Å². The molecular formula is C16H25ClN2. The molecule has 1 aliphatic rings. The molecule has 0 heterocycles. The second-order valence-corrected chi connectivity index (χ2v) is 6.24. The molecule has 0 radical (unpaired) electrons. The Kier molecular flexibility index (Phi) is 5.12. The highest BCUT2D eigenvalue weighted by molar-refractivity contribution is 6.33. The minimum absolute atomic E-state index is 0.489. The van der Waals surface area contributed by atoms with Crippen LogP contribution < -0.4 is 10.2 Å². The third-order valence-electron chi connectivity index (χ3n) is 4.00. The highest BCUT2D eigenvalue weighted by atomic mass is 35.5. The van der Waals surface area contributed by atoms with Gasteiger partial charge in [0, 0.05) is 25.7 Å². The Morgan fingerprint density at radius 2 is 2.00 bits per heavy atom. The summed E-state index contributed by atoms with van der Waals surface area (Å²) in [7, 11) is 2.19. The molecular weight excluding hydrogens is 256 g/mol. The average molecular weight is 281 g/mol. The predicted octanol–water partition coefficient (Wildman–Crippen LogP) is 4.22. The van der Waals surface area contributed by atoms with Crippen LogP contribution in [0.4, 0.5) is 5.69 Å². The SMILES string of the molecule is CC(C)NCc1cccc(Cl)c1N(C)C1CCCC1. The van der Waals surface area contributed by atoms with Crippen molar-refractivity contribution in [1.82, 2.24) is 5.32 Å². The average Bonchev–Trinajstić information content (AvgIpc) is 2.89. The fourth-order valence-electron chi connectivity index (χ4n) is 2.89. The lowest BCUT2D eigenvalue weighted by molar-refractivity contribution is 0.584. The standard InChI is InChI=1S/C16H25ClN2/c1-12(2)18-11-13-7-6-10-15(17)16(13)19(3)14-8-4-5-9-14/h6-7,10,12,14,18H,4-5,8-9,11H2,1-3H3. The fourth-order valence-corrected chi connectivity index (χ4v) is 3.21. The lowest BCUT2D eigenvalue weighted by Crippen LogP contribution is -2.31. The summed E-state index contributed by atoms with van der Waals surface area (Å²) in [6.45, 7) is 5.22. The summed E-state index contributed by atoms with van der Waals surface area (Å²) in [5, 5.41) is 4.36. The Labute approximate surface area is 122 Å². The smallest absolute Gasteiger partial charge is 0.0642 e. The van der Waals surface area contributed by atoms with Crippen molar-refractivity contribution in [2.75, 3.05) is 11.9 Å². The van der Waals surface area contributed by atoms with Crippen LogP contribution in [0, 0.1) is 0 Å². The highest BCUT2D eigenvalue weighted by Gasteiger charge is 2.23. The minimum atomic E-state index is 0.489. The van der Waals surface area contributed by atoms with E-state index in [0.29, 0.717) is 12.1 Å². The normalized spacial score (nSPS) is 16.3. The third kappa shape index (κ3) is 3.64. The summed E-state index contributed by atoms with van der Waals surface area (Å²) in [5.41, 5.74) is 2.51. The molecule has 1 aromatic carbocycles. The van der Waals surface area contributed by atoms with Crippen molar-refractivity contribution in [3.63, 3.8) is 0 Å². The zero-order chi connectivity index (χ0) is 13.8. The van der Waals surface area contributed by atoms with Crippen LogP contribution in [0.2, 0.25) is 5.02 Å². The Bertz CT molecular complexity index is 411. The van der Waals surface area contributed by atoms with E-state index in [-0.39, 0.29) is 0 Å². The molecule has 1 saturated carbocycles. The molecule has 1 aliphatic carbocycles. The monoisotopic (exact) mass is 280 g/mol. The maximum Gasteiger partial charge on any atom is 0.0642 e. The minimum Gasteiger partial charge on any atom is -0.370 e. The van der Waals surface area contributed by atoms with Crippen molar-refractivity contribution < 1.29 is 0 Å². The first-order valence-corrected chi connectivity index (χ1v) is 7.71.